The molecule has 2 aliphatic rings. The summed E-state index contributed by atoms with van der Waals surface area (Å²) in [6.07, 6.45) is 5.19. The summed E-state index contributed by atoms with van der Waals surface area (Å²) in [6.45, 7) is 5.24. The molecular weight excluding hydrogens is 228 g/mol. The van der Waals surface area contributed by atoms with Crippen LogP contribution in [0.25, 0.3) is 0 Å². The summed E-state index contributed by atoms with van der Waals surface area (Å²) >= 11 is 0. The van der Waals surface area contributed by atoms with Crippen LogP contribution in [0.15, 0.2) is 6.20 Å². The number of hydrogen-bond acceptors (Lipinski definition) is 5. The second kappa shape index (κ2) is 4.82. The number of ether oxygens (including phenoxy) is 1. The van der Waals surface area contributed by atoms with Gasteiger partial charge in [-0.1, -0.05) is 6.92 Å². The van der Waals surface area contributed by atoms with Crippen molar-refractivity contribution in [1.82, 2.24) is 14.9 Å². The van der Waals surface area contributed by atoms with E-state index in [0.717, 1.165) is 38.2 Å². The zero-order valence-electron chi connectivity index (χ0n) is 10.8. The Bertz CT molecular complexity index is 435. The van der Waals surface area contributed by atoms with E-state index in [2.05, 4.69) is 21.8 Å². The molecule has 0 saturated carbocycles. The Morgan fingerprint density at radius 3 is 3.22 bits per heavy atom. The van der Waals surface area contributed by atoms with E-state index < -0.39 is 0 Å². The van der Waals surface area contributed by atoms with Crippen LogP contribution in [0, 0.1) is 0 Å². The molecule has 0 spiro atoms. The average molecular weight is 248 g/mol. The standard InChI is InChI=1S/C13H20N4O/c1-2-3-17-4-5-18-12-6-9-8-15-13(14)16-10(9)7-11(12)17/h8,11-12H,2-7H2,1H3,(H2,14,15,16)/t11-,12-/m0/s1. The topological polar surface area (TPSA) is 64.3 Å². The summed E-state index contributed by atoms with van der Waals surface area (Å²) < 4.78 is 5.92. The van der Waals surface area contributed by atoms with Crippen molar-refractivity contribution >= 4 is 5.95 Å². The lowest BCUT2D eigenvalue weighted by molar-refractivity contribution is -0.0744. The van der Waals surface area contributed by atoms with E-state index >= 15 is 0 Å². The fourth-order valence-electron chi connectivity index (χ4n) is 3.07. The fourth-order valence-corrected chi connectivity index (χ4v) is 3.07. The molecule has 1 saturated heterocycles. The zero-order chi connectivity index (χ0) is 12.5. The number of rotatable bonds is 2. The molecule has 1 aliphatic heterocycles. The zero-order valence-corrected chi connectivity index (χ0v) is 10.8. The van der Waals surface area contributed by atoms with E-state index in [4.69, 9.17) is 10.5 Å². The van der Waals surface area contributed by atoms with E-state index in [1.807, 2.05) is 6.20 Å². The van der Waals surface area contributed by atoms with Crippen LogP contribution < -0.4 is 5.73 Å². The smallest absolute Gasteiger partial charge is 0.220 e. The number of fused-ring (bicyclic) bond motifs is 2. The molecule has 1 aliphatic carbocycles. The lowest BCUT2D eigenvalue weighted by atomic mass is 9.88. The Labute approximate surface area is 107 Å². The van der Waals surface area contributed by atoms with Gasteiger partial charge in [0.1, 0.15) is 0 Å². The quantitative estimate of drug-likeness (QED) is 0.832. The third-order valence-electron chi connectivity index (χ3n) is 3.92. The first-order valence-corrected chi connectivity index (χ1v) is 6.74. The van der Waals surface area contributed by atoms with E-state index in [9.17, 15) is 0 Å². The average Bonchev–Trinajstić information content (AvgIpc) is 2.37. The molecule has 0 bridgehead atoms. The van der Waals surface area contributed by atoms with Crippen molar-refractivity contribution in [3.05, 3.63) is 17.5 Å². The molecule has 1 fully saturated rings. The van der Waals surface area contributed by atoms with Crippen molar-refractivity contribution in [3.8, 4) is 0 Å². The molecular formula is C13H20N4O. The van der Waals surface area contributed by atoms with E-state index in [1.54, 1.807) is 0 Å². The highest BCUT2D eigenvalue weighted by atomic mass is 16.5. The summed E-state index contributed by atoms with van der Waals surface area (Å²) in [5, 5.41) is 0. The molecule has 3 rings (SSSR count). The van der Waals surface area contributed by atoms with Gasteiger partial charge < -0.3 is 10.5 Å². The van der Waals surface area contributed by atoms with E-state index in [1.165, 1.54) is 12.0 Å². The Morgan fingerprint density at radius 2 is 2.39 bits per heavy atom. The minimum Gasteiger partial charge on any atom is -0.375 e. The Morgan fingerprint density at radius 1 is 1.50 bits per heavy atom. The van der Waals surface area contributed by atoms with Crippen LogP contribution in [0.2, 0.25) is 0 Å². The Hall–Kier alpha value is -1.20. The van der Waals surface area contributed by atoms with Gasteiger partial charge in [-0.3, -0.25) is 4.90 Å². The van der Waals surface area contributed by atoms with Crippen molar-refractivity contribution in [1.29, 1.82) is 0 Å². The first-order chi connectivity index (χ1) is 8.78. The number of nitrogens with zero attached hydrogens (tertiary/aromatic N) is 3. The first-order valence-electron chi connectivity index (χ1n) is 6.74. The van der Waals surface area contributed by atoms with E-state index in [0.29, 0.717) is 18.1 Å². The van der Waals surface area contributed by atoms with Crippen LogP contribution in [0.5, 0.6) is 0 Å². The van der Waals surface area contributed by atoms with E-state index in [-0.39, 0.29) is 0 Å². The van der Waals surface area contributed by atoms with Crippen LogP contribution in [0.3, 0.4) is 0 Å². The molecule has 1 aromatic heterocycles. The van der Waals surface area contributed by atoms with Crippen molar-refractivity contribution in [2.75, 3.05) is 25.4 Å². The summed E-state index contributed by atoms with van der Waals surface area (Å²) in [7, 11) is 0. The summed E-state index contributed by atoms with van der Waals surface area (Å²) in [4.78, 5) is 11.0. The van der Waals surface area contributed by atoms with Gasteiger partial charge in [-0.05, 0) is 18.5 Å². The van der Waals surface area contributed by atoms with Crippen LogP contribution in [-0.4, -0.2) is 46.7 Å². The molecule has 0 radical (unpaired) electrons. The number of nitrogen functional groups attached to an aromatic ring is 1. The highest BCUT2D eigenvalue weighted by Crippen LogP contribution is 2.28. The monoisotopic (exact) mass is 248 g/mol. The molecule has 0 unspecified atom stereocenters. The second-order valence-electron chi connectivity index (χ2n) is 5.12. The number of aromatic nitrogens is 2. The maximum Gasteiger partial charge on any atom is 0.220 e. The predicted octanol–water partition coefficient (Wildman–Crippen LogP) is 0.637. The van der Waals surface area contributed by atoms with Gasteiger partial charge in [-0.2, -0.15) is 0 Å². The van der Waals surface area contributed by atoms with Crippen molar-refractivity contribution < 1.29 is 4.74 Å². The molecule has 2 N–H and O–H groups in total. The van der Waals surface area contributed by atoms with Gasteiger partial charge in [0.2, 0.25) is 5.95 Å². The van der Waals surface area contributed by atoms with Gasteiger partial charge in [0, 0.05) is 31.6 Å². The lowest BCUT2D eigenvalue weighted by Gasteiger charge is -2.43. The highest BCUT2D eigenvalue weighted by Gasteiger charge is 2.36. The van der Waals surface area contributed by atoms with Gasteiger partial charge in [-0.25, -0.2) is 9.97 Å². The van der Waals surface area contributed by atoms with Crippen molar-refractivity contribution in [2.45, 2.75) is 38.3 Å². The van der Waals surface area contributed by atoms with Crippen LogP contribution in [0.1, 0.15) is 24.6 Å². The van der Waals surface area contributed by atoms with Crippen LogP contribution in [-0.2, 0) is 17.6 Å². The molecule has 2 atom stereocenters. The van der Waals surface area contributed by atoms with Crippen LogP contribution in [0.4, 0.5) is 5.95 Å². The highest BCUT2D eigenvalue weighted by molar-refractivity contribution is 5.29. The van der Waals surface area contributed by atoms with Gasteiger partial charge in [0.25, 0.3) is 0 Å². The van der Waals surface area contributed by atoms with Crippen molar-refractivity contribution in [3.63, 3.8) is 0 Å². The molecule has 18 heavy (non-hydrogen) atoms. The molecule has 2 heterocycles. The largest absolute Gasteiger partial charge is 0.375 e. The van der Waals surface area contributed by atoms with Crippen molar-refractivity contribution in [2.24, 2.45) is 0 Å². The Balaban J connectivity index is 1.86. The summed E-state index contributed by atoms with van der Waals surface area (Å²) in [6, 6.07) is 0.459. The van der Waals surface area contributed by atoms with Gasteiger partial charge in [0.05, 0.1) is 18.4 Å². The van der Waals surface area contributed by atoms with Gasteiger partial charge >= 0.3 is 0 Å². The van der Waals surface area contributed by atoms with Gasteiger partial charge in [-0.15, -0.1) is 0 Å². The normalized spacial score (nSPS) is 27.6. The molecule has 5 heteroatoms. The molecule has 5 nitrogen and oxygen atoms in total. The van der Waals surface area contributed by atoms with Crippen LogP contribution >= 0.6 is 0 Å². The first kappa shape index (κ1) is 11.9. The van der Waals surface area contributed by atoms with Gasteiger partial charge in [0.15, 0.2) is 0 Å². The molecule has 0 amide bonds. The third-order valence-corrected chi connectivity index (χ3v) is 3.92. The third kappa shape index (κ3) is 2.08. The number of hydrogen-bond donors (Lipinski definition) is 1. The second-order valence-corrected chi connectivity index (χ2v) is 5.12. The SMILES string of the molecule is CCCN1CCO[C@H]2Cc3cnc(N)nc3C[C@@H]21. The maximum atomic E-state index is 5.92. The molecule has 1 aromatic rings. The lowest BCUT2D eigenvalue weighted by Crippen LogP contribution is -2.55. The molecule has 0 aromatic carbocycles. The summed E-state index contributed by atoms with van der Waals surface area (Å²) in [5.74, 6) is 0.381. The maximum absolute atomic E-state index is 5.92. The molecule has 98 valence electrons. The Kier molecular flexibility index (Phi) is 3.18. The minimum absolute atomic E-state index is 0.296. The number of morpholine rings is 1. The fraction of sp³-hybridized carbons (Fsp3) is 0.692. The predicted molar refractivity (Wildman–Crippen MR) is 69.2 cm³/mol. The minimum atomic E-state index is 0.296. The number of nitrogens with two attached hydrogens (primary N) is 1. The summed E-state index contributed by atoms with van der Waals surface area (Å²) in [5.41, 5.74) is 7.98. The number of anilines is 1.